The lowest BCUT2D eigenvalue weighted by Gasteiger charge is -2.50. The topological polar surface area (TPSA) is 48.7 Å². The van der Waals surface area contributed by atoms with Gasteiger partial charge in [0.25, 0.3) is 5.91 Å². The van der Waals surface area contributed by atoms with E-state index in [9.17, 15) is 4.79 Å². The number of carbonyl (C=O) groups excluding carboxylic acids is 1. The Morgan fingerprint density at radius 3 is 2.59 bits per heavy atom. The summed E-state index contributed by atoms with van der Waals surface area (Å²) in [5, 5.41) is 2.61. The van der Waals surface area contributed by atoms with E-state index in [1.165, 1.54) is 37.9 Å². The number of carbonyl (C=O) groups is 1. The average Bonchev–Trinajstić information content (AvgIpc) is 3.24. The summed E-state index contributed by atoms with van der Waals surface area (Å²) in [6.07, 6.45) is 3.76. The van der Waals surface area contributed by atoms with Crippen LogP contribution in [0.1, 0.15) is 54.0 Å². The second-order valence-electron chi connectivity index (χ2n) is 8.76. The molecule has 0 saturated carbocycles. The number of nitrogens with zero attached hydrogens (tertiary/aromatic N) is 2. The summed E-state index contributed by atoms with van der Waals surface area (Å²) in [7, 11) is 1.63. The first-order valence-corrected chi connectivity index (χ1v) is 10.9. The van der Waals surface area contributed by atoms with Crippen molar-refractivity contribution < 1.29 is 9.21 Å². The molecule has 1 aromatic carbocycles. The standard InChI is InChI=1S/C24H33N3O2/c1-3-26-16-20(19-7-5-4-6-8-19)15-24(18-26)11-13-27(14-12-24)17-21-9-10-22(29-21)23(28)25-2/h4-10,20H,3,11-18H2,1-2H3,(H,25,28)/t20-/m0/s1. The van der Waals surface area contributed by atoms with E-state index < -0.39 is 0 Å². The van der Waals surface area contributed by atoms with Crippen molar-refractivity contribution in [3.8, 4) is 0 Å². The first kappa shape index (κ1) is 20.2. The third kappa shape index (κ3) is 4.57. The van der Waals surface area contributed by atoms with E-state index >= 15 is 0 Å². The van der Waals surface area contributed by atoms with Crippen LogP contribution in [0, 0.1) is 5.41 Å². The van der Waals surface area contributed by atoms with Gasteiger partial charge in [0.1, 0.15) is 5.76 Å². The Labute approximate surface area is 174 Å². The van der Waals surface area contributed by atoms with Gasteiger partial charge in [-0.3, -0.25) is 9.69 Å². The van der Waals surface area contributed by atoms with E-state index in [0.29, 0.717) is 17.1 Å². The van der Waals surface area contributed by atoms with Crippen molar-refractivity contribution in [3.63, 3.8) is 0 Å². The summed E-state index contributed by atoms with van der Waals surface area (Å²) in [4.78, 5) is 16.8. The molecule has 29 heavy (non-hydrogen) atoms. The van der Waals surface area contributed by atoms with Crippen molar-refractivity contribution in [1.82, 2.24) is 15.1 Å². The van der Waals surface area contributed by atoms with Crippen LogP contribution in [0.4, 0.5) is 0 Å². The van der Waals surface area contributed by atoms with Crippen LogP contribution in [-0.2, 0) is 6.54 Å². The molecule has 0 bridgehead atoms. The second kappa shape index (κ2) is 8.72. The highest BCUT2D eigenvalue weighted by Crippen LogP contribution is 2.45. The molecule has 5 heteroatoms. The van der Waals surface area contributed by atoms with Crippen LogP contribution in [0.2, 0.25) is 0 Å². The van der Waals surface area contributed by atoms with Gasteiger partial charge >= 0.3 is 0 Å². The van der Waals surface area contributed by atoms with Gasteiger partial charge in [-0.25, -0.2) is 0 Å². The molecule has 4 rings (SSSR count). The number of nitrogens with one attached hydrogen (secondary N) is 1. The van der Waals surface area contributed by atoms with Crippen LogP contribution in [0.5, 0.6) is 0 Å². The Bertz CT molecular complexity index is 809. The van der Waals surface area contributed by atoms with Crippen LogP contribution in [0.25, 0.3) is 0 Å². The highest BCUT2D eigenvalue weighted by molar-refractivity contribution is 5.91. The van der Waals surface area contributed by atoms with Crippen LogP contribution in [0.3, 0.4) is 0 Å². The van der Waals surface area contributed by atoms with Gasteiger partial charge in [-0.15, -0.1) is 0 Å². The van der Waals surface area contributed by atoms with Crippen LogP contribution in [0.15, 0.2) is 46.9 Å². The summed E-state index contributed by atoms with van der Waals surface area (Å²) < 4.78 is 5.72. The number of likely N-dealkylation sites (N-methyl/N-ethyl adjacent to an activating group) is 1. The minimum atomic E-state index is -0.164. The van der Waals surface area contributed by atoms with E-state index in [4.69, 9.17) is 4.42 Å². The smallest absolute Gasteiger partial charge is 0.286 e. The van der Waals surface area contributed by atoms with Gasteiger partial charge in [-0.2, -0.15) is 0 Å². The Morgan fingerprint density at radius 2 is 1.90 bits per heavy atom. The highest BCUT2D eigenvalue weighted by atomic mass is 16.4. The fraction of sp³-hybridized carbons (Fsp3) is 0.542. The predicted molar refractivity (Wildman–Crippen MR) is 115 cm³/mol. The van der Waals surface area contributed by atoms with Crippen molar-refractivity contribution in [2.75, 3.05) is 39.8 Å². The van der Waals surface area contributed by atoms with E-state index in [0.717, 1.165) is 31.9 Å². The number of benzene rings is 1. The molecular formula is C24H33N3O2. The quantitative estimate of drug-likeness (QED) is 0.838. The van der Waals surface area contributed by atoms with Crippen molar-refractivity contribution in [2.45, 2.75) is 38.6 Å². The van der Waals surface area contributed by atoms with Crippen LogP contribution < -0.4 is 5.32 Å². The molecule has 1 spiro atoms. The largest absolute Gasteiger partial charge is 0.455 e. The number of piperidine rings is 2. The number of amides is 1. The molecule has 0 radical (unpaired) electrons. The molecule has 2 aliphatic heterocycles. The average molecular weight is 396 g/mol. The van der Waals surface area contributed by atoms with Crippen molar-refractivity contribution in [1.29, 1.82) is 0 Å². The molecule has 3 heterocycles. The molecule has 1 aromatic heterocycles. The maximum Gasteiger partial charge on any atom is 0.286 e. The van der Waals surface area contributed by atoms with E-state index in [-0.39, 0.29) is 5.91 Å². The SMILES string of the molecule is CCN1C[C@@H](c2ccccc2)CC2(CCN(Cc3ccc(C(=O)NC)o3)CC2)C1. The zero-order valence-electron chi connectivity index (χ0n) is 17.7. The maximum atomic E-state index is 11.7. The molecule has 0 aliphatic carbocycles. The monoisotopic (exact) mass is 395 g/mol. The van der Waals surface area contributed by atoms with Gasteiger partial charge in [0.15, 0.2) is 5.76 Å². The molecule has 1 amide bonds. The van der Waals surface area contributed by atoms with Crippen molar-refractivity contribution in [3.05, 3.63) is 59.5 Å². The number of furan rings is 1. The summed E-state index contributed by atoms with van der Waals surface area (Å²) in [6.45, 7) is 8.79. The molecule has 1 atom stereocenters. The van der Waals surface area contributed by atoms with E-state index in [1.807, 2.05) is 6.07 Å². The summed E-state index contributed by atoms with van der Waals surface area (Å²) in [6, 6.07) is 14.8. The fourth-order valence-corrected chi connectivity index (χ4v) is 5.17. The zero-order valence-corrected chi connectivity index (χ0v) is 17.7. The van der Waals surface area contributed by atoms with Gasteiger partial charge in [0, 0.05) is 20.1 Å². The minimum Gasteiger partial charge on any atom is -0.455 e. The van der Waals surface area contributed by atoms with Gasteiger partial charge < -0.3 is 14.6 Å². The molecule has 1 N–H and O–H groups in total. The van der Waals surface area contributed by atoms with E-state index in [1.54, 1.807) is 13.1 Å². The van der Waals surface area contributed by atoms with Gasteiger partial charge in [-0.05, 0) is 67.9 Å². The van der Waals surface area contributed by atoms with Crippen LogP contribution in [-0.4, -0.2) is 55.5 Å². The lowest BCUT2D eigenvalue weighted by molar-refractivity contribution is 0.0121. The third-order valence-corrected chi connectivity index (χ3v) is 6.84. The molecule has 156 valence electrons. The normalized spacial score (nSPS) is 22.6. The maximum absolute atomic E-state index is 11.7. The Balaban J connectivity index is 1.39. The summed E-state index contributed by atoms with van der Waals surface area (Å²) >= 11 is 0. The summed E-state index contributed by atoms with van der Waals surface area (Å²) in [5.74, 6) is 1.74. The van der Waals surface area contributed by atoms with Crippen LogP contribution >= 0.6 is 0 Å². The van der Waals surface area contributed by atoms with Crippen molar-refractivity contribution >= 4 is 5.91 Å². The molecule has 2 aliphatic rings. The number of hydrogen-bond donors (Lipinski definition) is 1. The number of hydrogen-bond acceptors (Lipinski definition) is 4. The first-order valence-electron chi connectivity index (χ1n) is 10.9. The number of likely N-dealkylation sites (tertiary alicyclic amines) is 2. The molecule has 0 unspecified atom stereocenters. The Hall–Kier alpha value is -2.11. The first-order chi connectivity index (χ1) is 14.1. The Morgan fingerprint density at radius 1 is 1.14 bits per heavy atom. The highest BCUT2D eigenvalue weighted by Gasteiger charge is 2.41. The molecule has 2 aromatic rings. The van der Waals surface area contributed by atoms with Gasteiger partial charge in [-0.1, -0.05) is 37.3 Å². The number of rotatable bonds is 5. The second-order valence-corrected chi connectivity index (χ2v) is 8.76. The summed E-state index contributed by atoms with van der Waals surface area (Å²) in [5.41, 5.74) is 1.91. The predicted octanol–water partition coefficient (Wildman–Crippen LogP) is 3.73. The van der Waals surface area contributed by atoms with Gasteiger partial charge in [0.05, 0.1) is 6.54 Å². The molecule has 2 saturated heterocycles. The molecular weight excluding hydrogens is 362 g/mol. The lowest BCUT2D eigenvalue weighted by atomic mass is 9.68. The minimum absolute atomic E-state index is 0.164. The molecule has 2 fully saturated rings. The Kier molecular flexibility index (Phi) is 6.07. The lowest BCUT2D eigenvalue weighted by Crippen LogP contribution is -2.51. The zero-order chi connectivity index (χ0) is 20.3. The van der Waals surface area contributed by atoms with E-state index in [2.05, 4.69) is 52.4 Å². The van der Waals surface area contributed by atoms with Gasteiger partial charge in [0.2, 0.25) is 0 Å². The third-order valence-electron chi connectivity index (χ3n) is 6.84. The van der Waals surface area contributed by atoms with Crippen molar-refractivity contribution in [2.24, 2.45) is 5.41 Å². The molecule has 5 nitrogen and oxygen atoms in total. The fourth-order valence-electron chi connectivity index (χ4n) is 5.17.